The van der Waals surface area contributed by atoms with Crippen molar-refractivity contribution >= 4 is 17.1 Å². The summed E-state index contributed by atoms with van der Waals surface area (Å²) in [6.07, 6.45) is 5.73. The Kier molecular flexibility index (Phi) is 4.80. The van der Waals surface area contributed by atoms with Crippen LogP contribution in [0.4, 0.5) is 4.79 Å². The van der Waals surface area contributed by atoms with Gasteiger partial charge in [-0.1, -0.05) is 20.8 Å². The van der Waals surface area contributed by atoms with Crippen LogP contribution in [-0.4, -0.2) is 39.2 Å². The smallest absolute Gasteiger partial charge is 0.410 e. The molecule has 1 saturated carbocycles. The first-order chi connectivity index (χ1) is 13.7. The molecule has 4 rings (SSSR count). The maximum Gasteiger partial charge on any atom is 0.410 e. The van der Waals surface area contributed by atoms with E-state index in [0.717, 1.165) is 55.4 Å². The Labute approximate surface area is 172 Å². The summed E-state index contributed by atoms with van der Waals surface area (Å²) in [5, 5.41) is 9.31. The molecule has 2 aliphatic rings. The number of hydrogen-bond acceptors (Lipinski definition) is 4. The molecule has 0 N–H and O–H groups in total. The molecule has 2 atom stereocenters. The molecular weight excluding hydrogens is 364 g/mol. The molecular formula is C23H30N4O2. The Bertz CT molecular complexity index is 981. The van der Waals surface area contributed by atoms with Crippen LogP contribution in [0.5, 0.6) is 0 Å². The van der Waals surface area contributed by atoms with Gasteiger partial charge in [-0.25, -0.2) is 9.78 Å². The van der Waals surface area contributed by atoms with Gasteiger partial charge in [-0.15, -0.1) is 0 Å². The largest absolute Gasteiger partial charge is 0.441 e. The highest BCUT2D eigenvalue weighted by Crippen LogP contribution is 2.41. The second kappa shape index (κ2) is 7.05. The molecule has 1 aliphatic carbocycles. The van der Waals surface area contributed by atoms with E-state index >= 15 is 0 Å². The van der Waals surface area contributed by atoms with E-state index in [1.165, 1.54) is 0 Å². The Morgan fingerprint density at radius 2 is 2.17 bits per heavy atom. The molecule has 0 bridgehead atoms. The summed E-state index contributed by atoms with van der Waals surface area (Å²) < 4.78 is 8.12. The van der Waals surface area contributed by atoms with Crippen LogP contribution >= 0.6 is 0 Å². The van der Waals surface area contributed by atoms with Gasteiger partial charge in [-0.2, -0.15) is 5.26 Å². The Morgan fingerprint density at radius 3 is 2.90 bits per heavy atom. The maximum absolute atomic E-state index is 12.5. The molecule has 2 aromatic rings. The molecule has 0 radical (unpaired) electrons. The standard InChI is InChI=1S/C23H30N4O2/c1-16-8-18(11-24)9-19-20(16)25-15-26(19)12-17-6-5-7-23(10-17)14-27(21(28)29-23)13-22(2,3)4/h8-9,15,17H,5-7,10,12-14H2,1-4H3. The quantitative estimate of drug-likeness (QED) is 0.760. The summed E-state index contributed by atoms with van der Waals surface area (Å²) in [4.78, 5) is 18.9. The highest BCUT2D eigenvalue weighted by atomic mass is 16.6. The van der Waals surface area contributed by atoms with Crippen molar-refractivity contribution in [2.75, 3.05) is 13.1 Å². The molecule has 2 fully saturated rings. The number of benzene rings is 1. The zero-order valence-electron chi connectivity index (χ0n) is 17.9. The van der Waals surface area contributed by atoms with Crippen LogP contribution in [-0.2, 0) is 11.3 Å². The lowest BCUT2D eigenvalue weighted by Gasteiger charge is -2.36. The maximum atomic E-state index is 12.5. The predicted octanol–water partition coefficient (Wildman–Crippen LogP) is 4.64. The first-order valence-electron chi connectivity index (χ1n) is 10.5. The highest BCUT2D eigenvalue weighted by Gasteiger charge is 2.48. The summed E-state index contributed by atoms with van der Waals surface area (Å²) in [5.41, 5.74) is 3.37. The minimum absolute atomic E-state index is 0.0602. The van der Waals surface area contributed by atoms with E-state index in [2.05, 4.69) is 36.4 Å². The zero-order chi connectivity index (χ0) is 20.8. The van der Waals surface area contributed by atoms with Gasteiger partial charge in [0.1, 0.15) is 5.60 Å². The molecule has 1 amide bonds. The second-order valence-electron chi connectivity index (χ2n) is 10.1. The van der Waals surface area contributed by atoms with E-state index in [-0.39, 0.29) is 17.1 Å². The van der Waals surface area contributed by atoms with E-state index in [4.69, 9.17) is 4.74 Å². The van der Waals surface area contributed by atoms with Crippen LogP contribution in [0.1, 0.15) is 57.6 Å². The molecule has 1 saturated heterocycles. The SMILES string of the molecule is Cc1cc(C#N)cc2c1ncn2CC1CCCC2(C1)CN(CC(C)(C)C)C(=O)O2. The molecule has 154 valence electrons. The van der Waals surface area contributed by atoms with Gasteiger partial charge in [0.15, 0.2) is 0 Å². The van der Waals surface area contributed by atoms with Gasteiger partial charge in [-0.3, -0.25) is 0 Å². The van der Waals surface area contributed by atoms with Gasteiger partial charge in [0.2, 0.25) is 0 Å². The van der Waals surface area contributed by atoms with Crippen molar-refractivity contribution in [1.29, 1.82) is 5.26 Å². The lowest BCUT2D eigenvalue weighted by molar-refractivity contribution is 0.00413. The molecule has 2 unspecified atom stereocenters. The van der Waals surface area contributed by atoms with Crippen molar-refractivity contribution < 1.29 is 9.53 Å². The fraction of sp³-hybridized carbons (Fsp3) is 0.609. The van der Waals surface area contributed by atoms with E-state index in [1.54, 1.807) is 0 Å². The number of amides is 1. The van der Waals surface area contributed by atoms with E-state index in [0.29, 0.717) is 18.0 Å². The molecule has 6 nitrogen and oxygen atoms in total. The van der Waals surface area contributed by atoms with Crippen molar-refractivity contribution in [3.8, 4) is 6.07 Å². The van der Waals surface area contributed by atoms with E-state index in [1.807, 2.05) is 30.3 Å². The average molecular weight is 395 g/mol. The number of nitriles is 1. The number of carbonyl (C=O) groups is 1. The number of rotatable bonds is 3. The Morgan fingerprint density at radius 1 is 1.38 bits per heavy atom. The minimum atomic E-state index is -0.352. The van der Waals surface area contributed by atoms with Crippen LogP contribution in [0.2, 0.25) is 0 Å². The van der Waals surface area contributed by atoms with Crippen molar-refractivity contribution in [3.63, 3.8) is 0 Å². The highest BCUT2D eigenvalue weighted by molar-refractivity contribution is 5.80. The van der Waals surface area contributed by atoms with Crippen LogP contribution in [0.3, 0.4) is 0 Å². The number of aromatic nitrogens is 2. The normalized spacial score (nSPS) is 24.9. The number of aryl methyl sites for hydroxylation is 1. The first-order valence-corrected chi connectivity index (χ1v) is 10.5. The Hall–Kier alpha value is -2.55. The van der Waals surface area contributed by atoms with Crippen molar-refractivity contribution in [2.24, 2.45) is 11.3 Å². The summed E-state index contributed by atoms with van der Waals surface area (Å²) >= 11 is 0. The molecule has 1 aliphatic heterocycles. The molecule has 1 spiro atoms. The fourth-order valence-corrected chi connectivity index (χ4v) is 5.05. The molecule has 2 heterocycles. The summed E-state index contributed by atoms with van der Waals surface area (Å²) in [7, 11) is 0. The molecule has 6 heteroatoms. The lowest BCUT2D eigenvalue weighted by atomic mass is 9.77. The summed E-state index contributed by atoms with van der Waals surface area (Å²) in [6, 6.07) is 6.06. The van der Waals surface area contributed by atoms with Crippen molar-refractivity contribution in [3.05, 3.63) is 29.6 Å². The zero-order valence-corrected chi connectivity index (χ0v) is 17.9. The number of hydrogen-bond donors (Lipinski definition) is 0. The van der Waals surface area contributed by atoms with E-state index < -0.39 is 0 Å². The van der Waals surface area contributed by atoms with Crippen LogP contribution < -0.4 is 0 Å². The minimum Gasteiger partial charge on any atom is -0.441 e. The number of imidazole rings is 1. The van der Waals surface area contributed by atoms with Crippen LogP contribution in [0.25, 0.3) is 11.0 Å². The molecule has 1 aromatic carbocycles. The predicted molar refractivity (Wildman–Crippen MR) is 111 cm³/mol. The van der Waals surface area contributed by atoms with Gasteiger partial charge >= 0.3 is 6.09 Å². The van der Waals surface area contributed by atoms with Crippen LogP contribution in [0, 0.1) is 29.6 Å². The van der Waals surface area contributed by atoms with Gasteiger partial charge < -0.3 is 14.2 Å². The summed E-state index contributed by atoms with van der Waals surface area (Å²) in [6.45, 7) is 10.7. The van der Waals surface area contributed by atoms with Crippen molar-refractivity contribution in [2.45, 2.75) is 65.5 Å². The van der Waals surface area contributed by atoms with Crippen molar-refractivity contribution in [1.82, 2.24) is 14.5 Å². The van der Waals surface area contributed by atoms with Gasteiger partial charge in [0.25, 0.3) is 0 Å². The first kappa shape index (κ1) is 19.8. The topological polar surface area (TPSA) is 71.2 Å². The monoisotopic (exact) mass is 394 g/mol. The third kappa shape index (κ3) is 3.96. The van der Waals surface area contributed by atoms with Gasteiger partial charge in [0, 0.05) is 13.1 Å². The lowest BCUT2D eigenvalue weighted by Crippen LogP contribution is -2.41. The second-order valence-corrected chi connectivity index (χ2v) is 10.1. The van der Waals surface area contributed by atoms with Gasteiger partial charge in [-0.05, 0) is 61.6 Å². The van der Waals surface area contributed by atoms with Gasteiger partial charge in [0.05, 0.1) is 35.5 Å². The number of carbonyl (C=O) groups excluding carboxylic acids is 1. The molecule has 1 aromatic heterocycles. The number of nitrogens with zero attached hydrogens (tertiary/aromatic N) is 4. The third-order valence-electron chi connectivity index (χ3n) is 6.11. The third-order valence-corrected chi connectivity index (χ3v) is 6.11. The Balaban J connectivity index is 1.52. The number of ether oxygens (including phenoxy) is 1. The van der Waals surface area contributed by atoms with E-state index in [9.17, 15) is 10.1 Å². The fourth-order valence-electron chi connectivity index (χ4n) is 5.05. The summed E-state index contributed by atoms with van der Waals surface area (Å²) in [5.74, 6) is 0.426. The average Bonchev–Trinajstić information content (AvgIpc) is 3.15. The number of fused-ring (bicyclic) bond motifs is 1. The molecule has 29 heavy (non-hydrogen) atoms. The van der Waals surface area contributed by atoms with Crippen LogP contribution in [0.15, 0.2) is 18.5 Å².